The second-order valence-electron chi connectivity index (χ2n) is 3.76. The molecule has 0 aliphatic carbocycles. The van der Waals surface area contributed by atoms with Gasteiger partial charge in [-0.15, -0.1) is 0 Å². The molecule has 0 saturated carbocycles. The average Bonchev–Trinajstić information content (AvgIpc) is 2.74. The molecule has 0 fully saturated rings. The Balaban J connectivity index is 2.26. The van der Waals surface area contributed by atoms with E-state index in [1.165, 1.54) is 35.3 Å². The van der Waals surface area contributed by atoms with Gasteiger partial charge in [-0.05, 0) is 6.07 Å². The lowest BCUT2D eigenvalue weighted by atomic mass is 10.3. The van der Waals surface area contributed by atoms with E-state index in [0.29, 0.717) is 10.7 Å². The number of nitrogens with one attached hydrogen (secondary N) is 1. The van der Waals surface area contributed by atoms with Crippen molar-refractivity contribution in [3.8, 4) is 0 Å². The zero-order valence-electron chi connectivity index (χ0n) is 9.83. The third kappa shape index (κ3) is 2.71. The second kappa shape index (κ2) is 5.07. The molecule has 0 bridgehead atoms. The van der Waals surface area contributed by atoms with Gasteiger partial charge < -0.3 is 9.88 Å². The molecule has 2 aromatic rings. The number of rotatable bonds is 3. The summed E-state index contributed by atoms with van der Waals surface area (Å²) < 4.78 is 1.37. The average molecular weight is 281 g/mol. The molecule has 8 heteroatoms. The van der Waals surface area contributed by atoms with Crippen LogP contribution in [-0.4, -0.2) is 20.4 Å². The van der Waals surface area contributed by atoms with Crippen LogP contribution in [0.3, 0.4) is 0 Å². The molecule has 2 rings (SSSR count). The molecule has 0 saturated heterocycles. The predicted molar refractivity (Wildman–Crippen MR) is 69.3 cm³/mol. The molecule has 0 aliphatic rings. The van der Waals surface area contributed by atoms with Crippen LogP contribution in [0, 0.1) is 10.1 Å². The van der Waals surface area contributed by atoms with Crippen LogP contribution in [0.5, 0.6) is 0 Å². The Labute approximate surface area is 113 Å². The summed E-state index contributed by atoms with van der Waals surface area (Å²) in [7, 11) is 1.55. The Morgan fingerprint density at radius 1 is 1.58 bits per heavy atom. The summed E-state index contributed by atoms with van der Waals surface area (Å²) in [5.74, 6) is -0.495. The number of aryl methyl sites for hydroxylation is 1. The van der Waals surface area contributed by atoms with Gasteiger partial charge in [-0.2, -0.15) is 0 Å². The summed E-state index contributed by atoms with van der Waals surface area (Å²) in [6.07, 6.45) is 4.16. The third-order valence-electron chi connectivity index (χ3n) is 2.45. The second-order valence-corrected chi connectivity index (χ2v) is 4.17. The molecule has 0 atom stereocenters. The topological polar surface area (TPSA) is 90.1 Å². The van der Waals surface area contributed by atoms with Gasteiger partial charge in [-0.3, -0.25) is 19.9 Å². The summed E-state index contributed by atoms with van der Waals surface area (Å²) >= 11 is 5.88. The molecule has 0 aromatic carbocycles. The zero-order chi connectivity index (χ0) is 14.0. The molecule has 0 aliphatic heterocycles. The third-order valence-corrected chi connectivity index (χ3v) is 2.78. The van der Waals surface area contributed by atoms with E-state index in [1.807, 2.05) is 0 Å². The number of nitro groups is 1. The molecule has 2 heterocycles. The number of nitrogens with zero attached hydrogens (tertiary/aromatic N) is 3. The summed E-state index contributed by atoms with van der Waals surface area (Å²) in [6.45, 7) is 0. The fourth-order valence-electron chi connectivity index (χ4n) is 1.53. The number of carbonyl (C=O) groups excluding carboxylic acids is 1. The number of aromatic nitrogens is 2. The van der Waals surface area contributed by atoms with E-state index in [4.69, 9.17) is 11.6 Å². The Kier molecular flexibility index (Phi) is 3.48. The van der Waals surface area contributed by atoms with E-state index in [2.05, 4.69) is 10.3 Å². The minimum atomic E-state index is -0.562. The Morgan fingerprint density at radius 2 is 2.32 bits per heavy atom. The highest BCUT2D eigenvalue weighted by atomic mass is 35.5. The molecule has 1 amide bonds. The van der Waals surface area contributed by atoms with Gasteiger partial charge in [0, 0.05) is 19.3 Å². The maximum atomic E-state index is 12.0. The number of amides is 1. The summed E-state index contributed by atoms with van der Waals surface area (Å²) in [5, 5.41) is 13.5. The Hall–Kier alpha value is -2.41. The van der Waals surface area contributed by atoms with Crippen molar-refractivity contribution < 1.29 is 9.72 Å². The zero-order valence-corrected chi connectivity index (χ0v) is 10.6. The first kappa shape index (κ1) is 13.0. The number of halogens is 1. The van der Waals surface area contributed by atoms with Crippen molar-refractivity contribution in [2.24, 2.45) is 7.05 Å². The van der Waals surface area contributed by atoms with Gasteiger partial charge in [0.1, 0.15) is 5.69 Å². The van der Waals surface area contributed by atoms with Crippen LogP contribution in [0.1, 0.15) is 10.5 Å². The number of anilines is 1. The molecule has 1 N–H and O–H groups in total. The predicted octanol–water partition coefficient (Wildman–Crippen LogP) is 2.23. The summed E-state index contributed by atoms with van der Waals surface area (Å²) in [5.41, 5.74) is 0.356. The largest absolute Gasteiger partial charge is 0.340 e. The van der Waals surface area contributed by atoms with Crippen molar-refractivity contribution >= 4 is 28.9 Å². The molecule has 0 unspecified atom stereocenters. The van der Waals surface area contributed by atoms with Crippen molar-refractivity contribution in [1.82, 2.24) is 9.55 Å². The molecular weight excluding hydrogens is 272 g/mol. The van der Waals surface area contributed by atoms with Gasteiger partial charge >= 0.3 is 0 Å². The van der Waals surface area contributed by atoms with Gasteiger partial charge in [0.15, 0.2) is 0 Å². The Morgan fingerprint density at radius 3 is 2.89 bits per heavy atom. The van der Waals surface area contributed by atoms with Gasteiger partial charge in [0.05, 0.1) is 28.0 Å². The van der Waals surface area contributed by atoms with Crippen molar-refractivity contribution in [3.05, 3.63) is 51.6 Å². The molecule has 0 radical (unpaired) electrons. The van der Waals surface area contributed by atoms with Crippen molar-refractivity contribution in [2.45, 2.75) is 0 Å². The Bertz CT molecular complexity index is 653. The minimum absolute atomic E-state index is 0.148. The van der Waals surface area contributed by atoms with E-state index in [-0.39, 0.29) is 11.4 Å². The van der Waals surface area contributed by atoms with Gasteiger partial charge in [0.2, 0.25) is 0 Å². The van der Waals surface area contributed by atoms with Crippen LogP contribution in [0.25, 0.3) is 0 Å². The van der Waals surface area contributed by atoms with Gasteiger partial charge in [0.25, 0.3) is 11.6 Å². The lowest BCUT2D eigenvalue weighted by Crippen LogP contribution is -2.15. The van der Waals surface area contributed by atoms with Crippen LogP contribution < -0.4 is 5.32 Å². The number of hydrogen-bond acceptors (Lipinski definition) is 4. The standard InChI is InChI=1S/C11H9ClN4O3/c1-15-6-7(16(18)19)4-10(15)11(17)14-9-5-13-3-2-8(9)12/h2-6H,1H3,(H,14,17). The van der Waals surface area contributed by atoms with Crippen LogP contribution in [-0.2, 0) is 7.05 Å². The van der Waals surface area contributed by atoms with Gasteiger partial charge in [-0.1, -0.05) is 11.6 Å². The molecule has 0 spiro atoms. The first-order chi connectivity index (χ1) is 8.99. The van der Waals surface area contributed by atoms with E-state index < -0.39 is 10.8 Å². The molecule has 7 nitrogen and oxygen atoms in total. The summed E-state index contributed by atoms with van der Waals surface area (Å²) in [6, 6.07) is 2.73. The molecular formula is C11H9ClN4O3. The van der Waals surface area contributed by atoms with Crippen LogP contribution >= 0.6 is 11.6 Å². The van der Waals surface area contributed by atoms with Crippen LogP contribution in [0.2, 0.25) is 5.02 Å². The normalized spacial score (nSPS) is 10.2. The molecule has 2 aromatic heterocycles. The fourth-order valence-corrected chi connectivity index (χ4v) is 1.68. The SMILES string of the molecule is Cn1cc([N+](=O)[O-])cc1C(=O)Nc1cnccc1Cl. The highest BCUT2D eigenvalue weighted by molar-refractivity contribution is 6.33. The number of pyridine rings is 1. The summed E-state index contributed by atoms with van der Waals surface area (Å²) in [4.78, 5) is 25.9. The van der Waals surface area contributed by atoms with E-state index in [0.717, 1.165) is 0 Å². The van der Waals surface area contributed by atoms with Crippen molar-refractivity contribution in [1.29, 1.82) is 0 Å². The maximum Gasteiger partial charge on any atom is 0.287 e. The van der Waals surface area contributed by atoms with E-state index in [1.54, 1.807) is 7.05 Å². The lowest BCUT2D eigenvalue weighted by Gasteiger charge is -2.06. The van der Waals surface area contributed by atoms with E-state index in [9.17, 15) is 14.9 Å². The van der Waals surface area contributed by atoms with Crippen LogP contribution in [0.15, 0.2) is 30.7 Å². The lowest BCUT2D eigenvalue weighted by molar-refractivity contribution is -0.384. The van der Waals surface area contributed by atoms with Crippen molar-refractivity contribution in [2.75, 3.05) is 5.32 Å². The fraction of sp³-hybridized carbons (Fsp3) is 0.0909. The highest BCUT2D eigenvalue weighted by Crippen LogP contribution is 2.21. The maximum absolute atomic E-state index is 12.0. The van der Waals surface area contributed by atoms with Crippen molar-refractivity contribution in [3.63, 3.8) is 0 Å². The minimum Gasteiger partial charge on any atom is -0.340 e. The number of hydrogen-bond donors (Lipinski definition) is 1. The first-order valence-electron chi connectivity index (χ1n) is 5.20. The number of carbonyl (C=O) groups is 1. The molecule has 19 heavy (non-hydrogen) atoms. The van der Waals surface area contributed by atoms with E-state index >= 15 is 0 Å². The highest BCUT2D eigenvalue weighted by Gasteiger charge is 2.18. The van der Waals surface area contributed by atoms with Crippen LogP contribution in [0.4, 0.5) is 11.4 Å². The molecule has 98 valence electrons. The quantitative estimate of drug-likeness (QED) is 0.689. The first-order valence-corrected chi connectivity index (χ1v) is 5.58. The smallest absolute Gasteiger partial charge is 0.287 e. The van der Waals surface area contributed by atoms with Gasteiger partial charge in [-0.25, -0.2) is 0 Å². The monoisotopic (exact) mass is 280 g/mol.